The van der Waals surface area contributed by atoms with Gasteiger partial charge in [-0.3, -0.25) is 4.79 Å². The zero-order valence-corrected chi connectivity index (χ0v) is 17.0. The number of anilines is 1. The Hall–Kier alpha value is -1.000. The van der Waals surface area contributed by atoms with Gasteiger partial charge < -0.3 is 5.32 Å². The molecule has 25 heavy (non-hydrogen) atoms. The van der Waals surface area contributed by atoms with Crippen LogP contribution in [0.1, 0.15) is 12.8 Å². The van der Waals surface area contributed by atoms with Crippen molar-refractivity contribution in [2.45, 2.75) is 17.1 Å². The number of rotatable bonds is 4. The molecule has 0 saturated carbocycles. The molecule has 1 amide bonds. The maximum Gasteiger partial charge on any atom is 0.252 e. The molecule has 134 valence electrons. The molecule has 1 aliphatic rings. The number of thiophene rings is 1. The fourth-order valence-electron chi connectivity index (χ4n) is 2.62. The Morgan fingerprint density at radius 3 is 2.80 bits per heavy atom. The SMILES string of the molecule is O=C(Nc1ccc(Cl)cn1)C1CCCN(S(=O)(=O)c2ccc(Br)s2)C1. The second-order valence-corrected chi connectivity index (χ2v) is 10.7. The van der Waals surface area contributed by atoms with Gasteiger partial charge >= 0.3 is 0 Å². The average Bonchev–Trinajstić information content (AvgIpc) is 3.04. The number of carbonyl (C=O) groups excluding carboxylic acids is 1. The first-order chi connectivity index (χ1) is 11.9. The Balaban J connectivity index is 1.70. The predicted octanol–water partition coefficient (Wildman–Crippen LogP) is 3.60. The largest absolute Gasteiger partial charge is 0.310 e. The summed E-state index contributed by atoms with van der Waals surface area (Å²) < 4.78 is 27.9. The molecule has 3 rings (SSSR count). The second kappa shape index (κ2) is 7.71. The lowest BCUT2D eigenvalue weighted by Crippen LogP contribution is -2.43. The van der Waals surface area contributed by atoms with Crippen molar-refractivity contribution >= 4 is 60.6 Å². The first-order valence-corrected chi connectivity index (χ1v) is 11.0. The third-order valence-corrected chi connectivity index (χ3v) is 8.06. The van der Waals surface area contributed by atoms with E-state index in [1.54, 1.807) is 24.3 Å². The summed E-state index contributed by atoms with van der Waals surface area (Å²) in [6, 6.07) is 6.53. The summed E-state index contributed by atoms with van der Waals surface area (Å²) in [5.74, 6) is -0.247. The lowest BCUT2D eigenvalue weighted by Gasteiger charge is -2.30. The van der Waals surface area contributed by atoms with Gasteiger partial charge in [-0.15, -0.1) is 11.3 Å². The normalized spacial score (nSPS) is 18.9. The topological polar surface area (TPSA) is 79.4 Å². The number of nitrogens with one attached hydrogen (secondary N) is 1. The molecule has 1 atom stereocenters. The monoisotopic (exact) mass is 463 g/mol. The van der Waals surface area contributed by atoms with Crippen molar-refractivity contribution < 1.29 is 13.2 Å². The van der Waals surface area contributed by atoms with Gasteiger partial charge in [0.2, 0.25) is 5.91 Å². The molecule has 1 aliphatic heterocycles. The lowest BCUT2D eigenvalue weighted by molar-refractivity contribution is -0.120. The molecular formula is C15H15BrClN3O3S2. The second-order valence-electron chi connectivity index (χ2n) is 5.61. The molecule has 0 radical (unpaired) electrons. The Morgan fingerprint density at radius 2 is 2.16 bits per heavy atom. The molecule has 1 unspecified atom stereocenters. The van der Waals surface area contributed by atoms with Crippen molar-refractivity contribution in [2.24, 2.45) is 5.92 Å². The summed E-state index contributed by atoms with van der Waals surface area (Å²) in [5.41, 5.74) is 0. The van der Waals surface area contributed by atoms with E-state index in [1.165, 1.54) is 21.8 Å². The van der Waals surface area contributed by atoms with Crippen LogP contribution >= 0.6 is 38.9 Å². The molecule has 2 aromatic rings. The van der Waals surface area contributed by atoms with Crippen LogP contribution in [0.5, 0.6) is 0 Å². The summed E-state index contributed by atoms with van der Waals surface area (Å²) in [7, 11) is -3.58. The van der Waals surface area contributed by atoms with Gasteiger partial charge in [-0.1, -0.05) is 11.6 Å². The number of amides is 1. The van der Waals surface area contributed by atoms with Gasteiger partial charge in [-0.05, 0) is 53.0 Å². The van der Waals surface area contributed by atoms with Crippen LogP contribution in [0.25, 0.3) is 0 Å². The zero-order chi connectivity index (χ0) is 18.0. The van der Waals surface area contributed by atoms with E-state index in [4.69, 9.17) is 11.6 Å². The summed E-state index contributed by atoms with van der Waals surface area (Å²) in [6.07, 6.45) is 2.72. The van der Waals surface area contributed by atoms with Crippen molar-refractivity contribution in [2.75, 3.05) is 18.4 Å². The number of hydrogen-bond acceptors (Lipinski definition) is 5. The van der Waals surface area contributed by atoms with Crippen LogP contribution in [-0.2, 0) is 14.8 Å². The Morgan fingerprint density at radius 1 is 1.36 bits per heavy atom. The fourth-order valence-corrected chi connectivity index (χ4v) is 6.42. The van der Waals surface area contributed by atoms with Crippen molar-refractivity contribution in [3.63, 3.8) is 0 Å². The van der Waals surface area contributed by atoms with Gasteiger partial charge in [0.1, 0.15) is 10.0 Å². The standard InChI is InChI=1S/C15H15BrClN3O3S2/c16-12-4-6-14(24-12)25(22,23)20-7-1-2-10(9-20)15(21)19-13-5-3-11(17)8-18-13/h3-6,8,10H,1-2,7,9H2,(H,18,19,21). The van der Waals surface area contributed by atoms with Crippen molar-refractivity contribution in [3.05, 3.63) is 39.3 Å². The third-order valence-electron chi connectivity index (χ3n) is 3.88. The molecule has 0 aromatic carbocycles. The Bertz CT molecular complexity index is 870. The summed E-state index contributed by atoms with van der Waals surface area (Å²) in [5, 5.41) is 3.20. The minimum Gasteiger partial charge on any atom is -0.310 e. The minimum absolute atomic E-state index is 0.164. The van der Waals surface area contributed by atoms with Crippen LogP contribution in [0.15, 0.2) is 38.5 Å². The zero-order valence-electron chi connectivity index (χ0n) is 13.0. The highest BCUT2D eigenvalue weighted by atomic mass is 79.9. The average molecular weight is 465 g/mol. The number of hydrogen-bond donors (Lipinski definition) is 1. The molecule has 3 heterocycles. The van der Waals surface area contributed by atoms with Gasteiger partial charge in [-0.2, -0.15) is 4.31 Å². The molecule has 1 saturated heterocycles. The Labute approximate surface area is 163 Å². The molecule has 6 nitrogen and oxygen atoms in total. The van der Waals surface area contributed by atoms with Crippen molar-refractivity contribution in [1.29, 1.82) is 0 Å². The number of halogens is 2. The highest BCUT2D eigenvalue weighted by molar-refractivity contribution is 9.11. The number of aromatic nitrogens is 1. The summed E-state index contributed by atoms with van der Waals surface area (Å²) in [6.45, 7) is 0.581. The van der Waals surface area contributed by atoms with E-state index in [9.17, 15) is 13.2 Å². The van der Waals surface area contributed by atoms with Gasteiger partial charge in [0, 0.05) is 19.3 Å². The van der Waals surface area contributed by atoms with E-state index < -0.39 is 15.9 Å². The van der Waals surface area contributed by atoms with Crippen molar-refractivity contribution in [3.8, 4) is 0 Å². The molecule has 0 aliphatic carbocycles. The molecule has 1 N–H and O–H groups in total. The van der Waals surface area contributed by atoms with Gasteiger partial charge in [-0.25, -0.2) is 13.4 Å². The van der Waals surface area contributed by atoms with Crippen LogP contribution in [-0.4, -0.2) is 36.7 Å². The summed E-state index contributed by atoms with van der Waals surface area (Å²) in [4.78, 5) is 16.5. The molecular weight excluding hydrogens is 450 g/mol. The highest BCUT2D eigenvalue weighted by Crippen LogP contribution is 2.31. The van der Waals surface area contributed by atoms with Crippen LogP contribution in [0.4, 0.5) is 5.82 Å². The molecule has 0 bridgehead atoms. The van der Waals surface area contributed by atoms with E-state index in [0.717, 1.165) is 3.79 Å². The van der Waals surface area contributed by atoms with E-state index in [1.807, 2.05) is 0 Å². The Kier molecular flexibility index (Phi) is 5.79. The number of nitrogens with zero attached hydrogens (tertiary/aromatic N) is 2. The highest BCUT2D eigenvalue weighted by Gasteiger charge is 2.34. The number of sulfonamides is 1. The number of pyridine rings is 1. The van der Waals surface area contributed by atoms with Gasteiger partial charge in [0.25, 0.3) is 10.0 Å². The lowest BCUT2D eigenvalue weighted by atomic mass is 9.99. The van der Waals surface area contributed by atoms with E-state index in [0.29, 0.717) is 30.2 Å². The molecule has 0 spiro atoms. The third kappa shape index (κ3) is 4.40. The van der Waals surface area contributed by atoms with E-state index in [-0.39, 0.29) is 16.7 Å². The first kappa shape index (κ1) is 18.8. The van der Waals surface area contributed by atoms with Gasteiger partial charge in [0.05, 0.1) is 14.7 Å². The minimum atomic E-state index is -3.58. The number of carbonyl (C=O) groups is 1. The smallest absolute Gasteiger partial charge is 0.252 e. The quantitative estimate of drug-likeness (QED) is 0.750. The predicted molar refractivity (Wildman–Crippen MR) is 101 cm³/mol. The molecule has 1 fully saturated rings. The van der Waals surface area contributed by atoms with Crippen LogP contribution < -0.4 is 5.32 Å². The maximum absolute atomic E-state index is 12.7. The maximum atomic E-state index is 12.7. The van der Waals surface area contributed by atoms with Crippen molar-refractivity contribution in [1.82, 2.24) is 9.29 Å². The molecule has 2 aromatic heterocycles. The van der Waals surface area contributed by atoms with E-state index in [2.05, 4.69) is 26.2 Å². The fraction of sp³-hybridized carbons (Fsp3) is 0.333. The summed E-state index contributed by atoms with van der Waals surface area (Å²) >= 11 is 10.2. The van der Waals surface area contributed by atoms with Gasteiger partial charge in [0.15, 0.2) is 0 Å². The first-order valence-electron chi connectivity index (χ1n) is 7.54. The number of piperidine rings is 1. The van der Waals surface area contributed by atoms with E-state index >= 15 is 0 Å². The molecule has 10 heteroatoms. The van der Waals surface area contributed by atoms with Crippen LogP contribution in [0.3, 0.4) is 0 Å². The van der Waals surface area contributed by atoms with Crippen LogP contribution in [0.2, 0.25) is 5.02 Å². The van der Waals surface area contributed by atoms with Crippen LogP contribution in [0, 0.1) is 5.92 Å².